The molecule has 0 atom stereocenters. The van der Waals surface area contributed by atoms with E-state index in [1.807, 2.05) is 0 Å². The van der Waals surface area contributed by atoms with Gasteiger partial charge >= 0.3 is 6.03 Å². The van der Waals surface area contributed by atoms with E-state index < -0.39 is 21.6 Å². The molecule has 2 saturated heterocycles. The molecule has 29 heavy (non-hydrogen) atoms. The first kappa shape index (κ1) is 19.6. The molecule has 2 aliphatic heterocycles. The smallest absolute Gasteiger partial charge is 0.322 e. The van der Waals surface area contributed by atoms with E-state index in [0.717, 1.165) is 12.8 Å². The second-order valence-corrected chi connectivity index (χ2v) is 9.23. The van der Waals surface area contributed by atoms with Gasteiger partial charge in [-0.25, -0.2) is 17.9 Å². The van der Waals surface area contributed by atoms with E-state index in [1.165, 1.54) is 25.3 Å². The van der Waals surface area contributed by atoms with Gasteiger partial charge in [-0.3, -0.25) is 14.9 Å². The van der Waals surface area contributed by atoms with E-state index in [0.29, 0.717) is 12.8 Å². The summed E-state index contributed by atoms with van der Waals surface area (Å²) in [5.74, 6) is -0.550. The summed E-state index contributed by atoms with van der Waals surface area (Å²) in [5.41, 5.74) is -0.756. The van der Waals surface area contributed by atoms with Crippen molar-refractivity contribution in [3.05, 3.63) is 23.8 Å². The summed E-state index contributed by atoms with van der Waals surface area (Å²) < 4.78 is 33.1. The van der Waals surface area contributed by atoms with Crippen LogP contribution < -0.4 is 20.1 Å². The maximum atomic E-state index is 12.9. The Morgan fingerprint density at radius 2 is 1.93 bits per heavy atom. The number of methoxy groups -OCH3 is 1. The number of nitrogens with one attached hydrogen (secondary N) is 3. The molecule has 0 radical (unpaired) electrons. The number of carbonyl (C=O) groups excluding carboxylic acids is 3. The van der Waals surface area contributed by atoms with Crippen LogP contribution >= 0.6 is 0 Å². The van der Waals surface area contributed by atoms with Gasteiger partial charge in [0.05, 0.1) is 7.11 Å². The number of carbonyl (C=O) groups is 3. The van der Waals surface area contributed by atoms with Crippen LogP contribution in [0.2, 0.25) is 0 Å². The molecule has 4 rings (SSSR count). The lowest BCUT2D eigenvalue weighted by molar-refractivity contribution is -0.125. The average molecular weight is 422 g/mol. The first-order chi connectivity index (χ1) is 13.7. The molecule has 0 aromatic heterocycles. The Morgan fingerprint density at radius 3 is 2.48 bits per heavy atom. The number of hydrogen-bond acceptors (Lipinski definition) is 6. The van der Waals surface area contributed by atoms with Gasteiger partial charge in [0.2, 0.25) is 10.0 Å². The fourth-order valence-corrected chi connectivity index (χ4v) is 5.16. The monoisotopic (exact) mass is 422 g/mol. The number of benzene rings is 1. The van der Waals surface area contributed by atoms with Gasteiger partial charge in [0.25, 0.3) is 11.8 Å². The van der Waals surface area contributed by atoms with E-state index in [9.17, 15) is 22.8 Å². The Morgan fingerprint density at radius 1 is 1.24 bits per heavy atom. The minimum atomic E-state index is -3.80. The van der Waals surface area contributed by atoms with Crippen molar-refractivity contribution in [1.29, 1.82) is 0 Å². The third-order valence-corrected chi connectivity index (χ3v) is 7.06. The largest absolute Gasteiger partial charge is 0.495 e. The highest BCUT2D eigenvalue weighted by molar-refractivity contribution is 7.89. The van der Waals surface area contributed by atoms with Gasteiger partial charge in [-0.15, -0.1) is 0 Å². The molecule has 3 N–H and O–H groups in total. The minimum absolute atomic E-state index is 0.0740. The number of urea groups is 1. The normalized spacial score (nSPS) is 21.1. The molecule has 1 aromatic carbocycles. The lowest BCUT2D eigenvalue weighted by atomic mass is 9.87. The molecule has 1 spiro atoms. The summed E-state index contributed by atoms with van der Waals surface area (Å²) in [6.45, 7) is 0.530. The van der Waals surface area contributed by atoms with E-state index in [2.05, 4.69) is 15.4 Å². The maximum absolute atomic E-state index is 12.9. The van der Waals surface area contributed by atoms with Crippen molar-refractivity contribution < 1.29 is 27.5 Å². The number of nitrogens with zero attached hydrogens (tertiary/aromatic N) is 1. The summed E-state index contributed by atoms with van der Waals surface area (Å²) in [6.07, 6.45) is 2.17. The third kappa shape index (κ3) is 3.67. The van der Waals surface area contributed by atoms with Crippen molar-refractivity contribution in [2.75, 3.05) is 20.2 Å². The Balaban J connectivity index is 1.53. The van der Waals surface area contributed by atoms with Crippen LogP contribution in [-0.4, -0.2) is 62.9 Å². The second kappa shape index (κ2) is 6.99. The minimum Gasteiger partial charge on any atom is -0.495 e. The molecule has 1 aromatic rings. The van der Waals surface area contributed by atoms with Crippen molar-refractivity contribution in [1.82, 2.24) is 20.3 Å². The number of hydrogen-bond donors (Lipinski definition) is 3. The van der Waals surface area contributed by atoms with Gasteiger partial charge in [0.15, 0.2) is 0 Å². The molecule has 3 aliphatic rings. The van der Waals surface area contributed by atoms with Gasteiger partial charge in [-0.05, 0) is 43.9 Å². The molecule has 0 unspecified atom stereocenters. The summed E-state index contributed by atoms with van der Waals surface area (Å²) >= 11 is 0. The van der Waals surface area contributed by atoms with Crippen LogP contribution in [0.1, 0.15) is 36.0 Å². The topological polar surface area (TPSA) is 134 Å². The molecular weight excluding hydrogens is 400 g/mol. The number of likely N-dealkylation sites (tertiary alicyclic amines) is 1. The SMILES string of the molecule is COc1ccc(C(=O)N2CCC3(CC2)NC(=O)NC3=O)cc1S(=O)(=O)NC1CC1. The highest BCUT2D eigenvalue weighted by atomic mass is 32.2. The van der Waals surface area contributed by atoms with E-state index >= 15 is 0 Å². The number of rotatable bonds is 5. The number of ether oxygens (including phenoxy) is 1. The summed E-state index contributed by atoms with van der Waals surface area (Å²) in [4.78, 5) is 37.9. The standard InChI is InChI=1S/C18H22N4O6S/c1-28-13-5-2-11(10-14(13)29(26,27)21-12-3-4-12)15(23)22-8-6-18(7-9-22)16(24)19-17(25)20-18/h2,5,10,12,21H,3-4,6-9H2,1H3,(H2,19,20,24,25). The molecular formula is C18H22N4O6S. The Kier molecular flexibility index (Phi) is 4.74. The number of imide groups is 1. The van der Waals surface area contributed by atoms with Gasteiger partial charge < -0.3 is 15.0 Å². The summed E-state index contributed by atoms with van der Waals surface area (Å²) in [7, 11) is -2.43. The van der Waals surface area contributed by atoms with Crippen molar-refractivity contribution in [2.45, 2.75) is 42.2 Å². The average Bonchev–Trinajstić information content (AvgIpc) is 3.45. The first-order valence-corrected chi connectivity index (χ1v) is 10.9. The van der Waals surface area contributed by atoms with Crippen molar-refractivity contribution in [2.24, 2.45) is 0 Å². The Bertz CT molecular complexity index is 980. The Labute approximate surface area is 168 Å². The fraction of sp³-hybridized carbons (Fsp3) is 0.500. The lowest BCUT2D eigenvalue weighted by Gasteiger charge is -2.37. The zero-order chi connectivity index (χ0) is 20.8. The molecule has 1 aliphatic carbocycles. The summed E-state index contributed by atoms with van der Waals surface area (Å²) in [5, 5.41) is 4.88. The Hall–Kier alpha value is -2.66. The predicted octanol–water partition coefficient (Wildman–Crippen LogP) is -0.0499. The second-order valence-electron chi connectivity index (χ2n) is 7.54. The van der Waals surface area contributed by atoms with Crippen LogP contribution in [-0.2, 0) is 14.8 Å². The molecule has 10 nitrogen and oxygen atoms in total. The van der Waals surface area contributed by atoms with E-state index in [4.69, 9.17) is 4.74 Å². The van der Waals surface area contributed by atoms with Gasteiger partial charge in [-0.1, -0.05) is 0 Å². The van der Waals surface area contributed by atoms with Crippen molar-refractivity contribution in [3.63, 3.8) is 0 Å². The van der Waals surface area contributed by atoms with E-state index in [-0.39, 0.29) is 47.2 Å². The van der Waals surface area contributed by atoms with Crippen LogP contribution in [0.15, 0.2) is 23.1 Å². The van der Waals surface area contributed by atoms with Crippen molar-refractivity contribution >= 4 is 27.9 Å². The molecule has 1 saturated carbocycles. The highest BCUT2D eigenvalue weighted by Crippen LogP contribution is 2.30. The number of piperidine rings is 1. The number of amides is 4. The van der Waals surface area contributed by atoms with Crippen LogP contribution in [0, 0.1) is 0 Å². The zero-order valence-electron chi connectivity index (χ0n) is 15.9. The lowest BCUT2D eigenvalue weighted by Crippen LogP contribution is -2.55. The molecule has 3 fully saturated rings. The molecule has 4 amide bonds. The summed E-state index contributed by atoms with van der Waals surface area (Å²) in [6, 6.07) is 3.70. The molecule has 0 bridgehead atoms. The quantitative estimate of drug-likeness (QED) is 0.570. The highest BCUT2D eigenvalue weighted by Gasteiger charge is 2.48. The van der Waals surface area contributed by atoms with Crippen LogP contribution in [0.3, 0.4) is 0 Å². The van der Waals surface area contributed by atoms with Gasteiger partial charge in [-0.2, -0.15) is 0 Å². The fourth-order valence-electron chi connectivity index (χ4n) is 3.66. The number of sulfonamides is 1. The van der Waals surface area contributed by atoms with Crippen LogP contribution in [0.5, 0.6) is 5.75 Å². The van der Waals surface area contributed by atoms with Gasteiger partial charge in [0.1, 0.15) is 16.2 Å². The maximum Gasteiger partial charge on any atom is 0.322 e. The molecule has 2 heterocycles. The predicted molar refractivity (Wildman–Crippen MR) is 101 cm³/mol. The third-order valence-electron chi connectivity index (χ3n) is 5.52. The van der Waals surface area contributed by atoms with E-state index in [1.54, 1.807) is 4.90 Å². The zero-order valence-corrected chi connectivity index (χ0v) is 16.7. The van der Waals surface area contributed by atoms with Crippen LogP contribution in [0.25, 0.3) is 0 Å². The van der Waals surface area contributed by atoms with Gasteiger partial charge in [0, 0.05) is 24.7 Å². The van der Waals surface area contributed by atoms with Crippen LogP contribution in [0.4, 0.5) is 4.79 Å². The molecule has 11 heteroatoms. The molecule has 156 valence electrons. The first-order valence-electron chi connectivity index (χ1n) is 9.37. The van der Waals surface area contributed by atoms with Crippen molar-refractivity contribution in [3.8, 4) is 5.75 Å².